The minimum Gasteiger partial charge on any atom is -0.497 e. The fraction of sp³-hybridized carbons (Fsp3) is 0.292. The van der Waals surface area contributed by atoms with Gasteiger partial charge in [0.2, 0.25) is 0 Å². The van der Waals surface area contributed by atoms with Crippen molar-refractivity contribution in [1.82, 2.24) is 9.88 Å². The lowest BCUT2D eigenvalue weighted by atomic mass is 10.1. The Kier molecular flexibility index (Phi) is 6.86. The minimum absolute atomic E-state index is 0.582. The molecular weight excluding hydrogens is 433 g/mol. The van der Waals surface area contributed by atoms with E-state index in [-0.39, 0.29) is 0 Å². The first-order valence-electron chi connectivity index (χ1n) is 10.2. The lowest BCUT2D eigenvalue weighted by molar-refractivity contribution is 0.243. The molecule has 1 aliphatic rings. The number of hydrogen-bond donors (Lipinski definition) is 0. The van der Waals surface area contributed by atoms with Crippen LogP contribution >= 0.6 is 23.2 Å². The van der Waals surface area contributed by atoms with Crippen molar-refractivity contribution in [2.75, 3.05) is 45.3 Å². The van der Waals surface area contributed by atoms with E-state index in [0.717, 1.165) is 66.9 Å². The molecule has 2 aromatic carbocycles. The topological polar surface area (TPSA) is 37.8 Å². The van der Waals surface area contributed by atoms with Gasteiger partial charge in [-0.15, -0.1) is 0 Å². The molecule has 3 aromatic rings. The standard InChI is InChI=1S/C24H25Cl2N3O2/c1-30-19-6-3-17(4-7-19)22-9-10-24(31-2)23(27-22)16-28-11-13-29(14-12-28)18-5-8-20(25)21(26)15-18/h3-10,15H,11-14,16H2,1-2H3. The van der Waals surface area contributed by atoms with E-state index in [4.69, 9.17) is 37.7 Å². The van der Waals surface area contributed by atoms with Gasteiger partial charge >= 0.3 is 0 Å². The maximum absolute atomic E-state index is 6.19. The Hall–Kier alpha value is -2.47. The summed E-state index contributed by atoms with van der Waals surface area (Å²) >= 11 is 12.2. The van der Waals surface area contributed by atoms with Gasteiger partial charge in [-0.1, -0.05) is 23.2 Å². The quantitative estimate of drug-likeness (QED) is 0.495. The second-order valence-corrected chi connectivity index (χ2v) is 8.25. The van der Waals surface area contributed by atoms with Crippen molar-refractivity contribution in [3.8, 4) is 22.8 Å². The molecule has 0 bridgehead atoms. The summed E-state index contributed by atoms with van der Waals surface area (Å²) in [6, 6.07) is 17.7. The maximum atomic E-state index is 6.19. The molecule has 1 aliphatic heterocycles. The number of pyridine rings is 1. The van der Waals surface area contributed by atoms with Crippen LogP contribution in [0.2, 0.25) is 10.0 Å². The van der Waals surface area contributed by atoms with Gasteiger partial charge in [0.15, 0.2) is 0 Å². The van der Waals surface area contributed by atoms with Gasteiger partial charge in [-0.3, -0.25) is 4.90 Å². The molecule has 0 N–H and O–H groups in total. The van der Waals surface area contributed by atoms with Crippen LogP contribution in [0.4, 0.5) is 5.69 Å². The molecule has 7 heteroatoms. The van der Waals surface area contributed by atoms with E-state index < -0.39 is 0 Å². The number of anilines is 1. The summed E-state index contributed by atoms with van der Waals surface area (Å²) in [4.78, 5) is 9.64. The highest BCUT2D eigenvalue weighted by molar-refractivity contribution is 6.42. The van der Waals surface area contributed by atoms with Crippen molar-refractivity contribution < 1.29 is 9.47 Å². The van der Waals surface area contributed by atoms with Gasteiger partial charge in [-0.25, -0.2) is 4.98 Å². The fourth-order valence-electron chi connectivity index (χ4n) is 3.77. The normalized spacial score (nSPS) is 14.5. The van der Waals surface area contributed by atoms with E-state index in [2.05, 4.69) is 9.80 Å². The first-order chi connectivity index (χ1) is 15.1. The predicted octanol–water partition coefficient (Wildman–Crippen LogP) is 5.39. The van der Waals surface area contributed by atoms with Crippen molar-refractivity contribution in [2.24, 2.45) is 0 Å². The molecular formula is C24H25Cl2N3O2. The number of aromatic nitrogens is 1. The molecule has 5 nitrogen and oxygen atoms in total. The molecule has 0 atom stereocenters. The average Bonchev–Trinajstić information content (AvgIpc) is 2.81. The molecule has 2 heterocycles. The molecule has 0 unspecified atom stereocenters. The molecule has 1 fully saturated rings. The number of hydrogen-bond acceptors (Lipinski definition) is 5. The third-order valence-electron chi connectivity index (χ3n) is 5.55. The van der Waals surface area contributed by atoms with Crippen LogP contribution in [0.25, 0.3) is 11.3 Å². The summed E-state index contributed by atoms with van der Waals surface area (Å²) in [5.41, 5.74) is 4.02. The number of nitrogens with zero attached hydrogens (tertiary/aromatic N) is 3. The zero-order valence-corrected chi connectivity index (χ0v) is 19.2. The van der Waals surface area contributed by atoms with Crippen LogP contribution in [0, 0.1) is 0 Å². The molecule has 162 valence electrons. The van der Waals surface area contributed by atoms with E-state index in [1.807, 2.05) is 54.6 Å². The summed E-state index contributed by atoms with van der Waals surface area (Å²) in [6.45, 7) is 4.43. The van der Waals surface area contributed by atoms with Crippen LogP contribution < -0.4 is 14.4 Å². The second-order valence-electron chi connectivity index (χ2n) is 7.44. The number of ether oxygens (including phenoxy) is 2. The minimum atomic E-state index is 0.582. The van der Waals surface area contributed by atoms with Crippen molar-refractivity contribution in [1.29, 1.82) is 0 Å². The van der Waals surface area contributed by atoms with Crippen molar-refractivity contribution in [3.63, 3.8) is 0 Å². The number of benzene rings is 2. The van der Waals surface area contributed by atoms with E-state index in [0.29, 0.717) is 10.0 Å². The Morgan fingerprint density at radius 1 is 0.839 bits per heavy atom. The summed E-state index contributed by atoms with van der Waals surface area (Å²) in [5, 5.41) is 1.17. The van der Waals surface area contributed by atoms with Gasteiger partial charge in [0.05, 0.1) is 35.7 Å². The second kappa shape index (κ2) is 9.77. The number of piperazine rings is 1. The zero-order chi connectivity index (χ0) is 21.8. The Bertz CT molecular complexity index is 1040. The summed E-state index contributed by atoms with van der Waals surface area (Å²) < 4.78 is 10.8. The van der Waals surface area contributed by atoms with Crippen molar-refractivity contribution >= 4 is 28.9 Å². The maximum Gasteiger partial charge on any atom is 0.141 e. The van der Waals surface area contributed by atoms with E-state index in [1.54, 1.807) is 14.2 Å². The van der Waals surface area contributed by atoms with Crippen LogP contribution in [0.3, 0.4) is 0 Å². The van der Waals surface area contributed by atoms with Gasteiger partial charge in [0, 0.05) is 44.0 Å². The van der Waals surface area contributed by atoms with Crippen LogP contribution in [-0.4, -0.2) is 50.3 Å². The van der Waals surface area contributed by atoms with Gasteiger partial charge in [-0.05, 0) is 54.6 Å². The molecule has 0 saturated carbocycles. The van der Waals surface area contributed by atoms with E-state index in [9.17, 15) is 0 Å². The molecule has 31 heavy (non-hydrogen) atoms. The lowest BCUT2D eigenvalue weighted by Crippen LogP contribution is -2.46. The third-order valence-corrected chi connectivity index (χ3v) is 6.29. The fourth-order valence-corrected chi connectivity index (χ4v) is 4.06. The largest absolute Gasteiger partial charge is 0.497 e. The molecule has 1 aromatic heterocycles. The first kappa shape index (κ1) is 21.8. The Balaban J connectivity index is 1.45. The van der Waals surface area contributed by atoms with Crippen LogP contribution in [0.1, 0.15) is 5.69 Å². The SMILES string of the molecule is COc1ccc(-c2ccc(OC)c(CN3CCN(c4ccc(Cl)c(Cl)c4)CC3)n2)cc1. The summed E-state index contributed by atoms with van der Waals surface area (Å²) in [5.74, 6) is 1.64. The van der Waals surface area contributed by atoms with Crippen LogP contribution in [0.15, 0.2) is 54.6 Å². The number of methoxy groups -OCH3 is 2. The van der Waals surface area contributed by atoms with Crippen LogP contribution in [-0.2, 0) is 6.54 Å². The zero-order valence-electron chi connectivity index (χ0n) is 17.6. The Morgan fingerprint density at radius 3 is 2.23 bits per heavy atom. The molecule has 0 amide bonds. The first-order valence-corrected chi connectivity index (χ1v) is 10.9. The van der Waals surface area contributed by atoms with E-state index >= 15 is 0 Å². The molecule has 0 spiro atoms. The van der Waals surface area contributed by atoms with Gasteiger partial charge in [0.1, 0.15) is 11.5 Å². The summed E-state index contributed by atoms with van der Waals surface area (Å²) in [6.07, 6.45) is 0. The van der Waals surface area contributed by atoms with Gasteiger partial charge < -0.3 is 14.4 Å². The molecule has 0 aliphatic carbocycles. The average molecular weight is 458 g/mol. The van der Waals surface area contributed by atoms with E-state index in [1.165, 1.54) is 0 Å². The lowest BCUT2D eigenvalue weighted by Gasteiger charge is -2.36. The van der Waals surface area contributed by atoms with Crippen molar-refractivity contribution in [3.05, 3.63) is 70.3 Å². The monoisotopic (exact) mass is 457 g/mol. The van der Waals surface area contributed by atoms with Gasteiger partial charge in [-0.2, -0.15) is 0 Å². The van der Waals surface area contributed by atoms with Gasteiger partial charge in [0.25, 0.3) is 0 Å². The molecule has 4 rings (SSSR count). The summed E-state index contributed by atoms with van der Waals surface area (Å²) in [7, 11) is 3.36. The van der Waals surface area contributed by atoms with Crippen LogP contribution in [0.5, 0.6) is 11.5 Å². The predicted molar refractivity (Wildman–Crippen MR) is 127 cm³/mol. The number of rotatable bonds is 6. The highest BCUT2D eigenvalue weighted by Gasteiger charge is 2.20. The highest BCUT2D eigenvalue weighted by atomic mass is 35.5. The Morgan fingerprint density at radius 2 is 1.58 bits per heavy atom. The molecule has 1 saturated heterocycles. The van der Waals surface area contributed by atoms with Crippen molar-refractivity contribution in [2.45, 2.75) is 6.54 Å². The molecule has 0 radical (unpaired) electrons. The number of halogens is 2. The highest BCUT2D eigenvalue weighted by Crippen LogP contribution is 2.29. The third kappa shape index (κ3) is 5.06. The smallest absolute Gasteiger partial charge is 0.141 e. The Labute approximate surface area is 193 Å².